The first-order chi connectivity index (χ1) is 9.40. The third-order valence-electron chi connectivity index (χ3n) is 3.38. The highest BCUT2D eigenvalue weighted by atomic mass is 16.2. The quantitative estimate of drug-likeness (QED) is 0.857. The topological polar surface area (TPSA) is 52.7 Å². The molecule has 5 heteroatoms. The predicted molar refractivity (Wildman–Crippen MR) is 80.5 cm³/mol. The molecule has 0 saturated carbocycles. The Hall–Kier alpha value is -1.26. The maximum absolute atomic E-state index is 12.1. The van der Waals surface area contributed by atoms with Crippen LogP contribution < -0.4 is 5.32 Å². The van der Waals surface area contributed by atoms with E-state index >= 15 is 0 Å². The van der Waals surface area contributed by atoms with Crippen molar-refractivity contribution in [2.24, 2.45) is 11.8 Å². The zero-order valence-electron chi connectivity index (χ0n) is 13.3. The fourth-order valence-electron chi connectivity index (χ4n) is 2.25. The van der Waals surface area contributed by atoms with E-state index in [0.29, 0.717) is 37.9 Å². The molecule has 0 spiro atoms. The molecule has 1 aliphatic rings. The summed E-state index contributed by atoms with van der Waals surface area (Å²) in [5.74, 6) is 1.05. The van der Waals surface area contributed by atoms with E-state index in [1.165, 1.54) is 0 Å². The molecule has 1 saturated heterocycles. The monoisotopic (exact) mass is 283 g/mol. The first-order valence-corrected chi connectivity index (χ1v) is 7.70. The number of nitrogens with zero attached hydrogens (tertiary/aromatic N) is 2. The Morgan fingerprint density at radius 1 is 0.950 bits per heavy atom. The molecule has 5 nitrogen and oxygen atoms in total. The minimum atomic E-state index is -0.00291. The Balaban J connectivity index is 2.42. The molecule has 20 heavy (non-hydrogen) atoms. The van der Waals surface area contributed by atoms with E-state index in [1.54, 1.807) is 0 Å². The van der Waals surface area contributed by atoms with Crippen molar-refractivity contribution in [3.8, 4) is 0 Å². The van der Waals surface area contributed by atoms with Gasteiger partial charge in [0.2, 0.25) is 5.91 Å². The third kappa shape index (κ3) is 5.80. The summed E-state index contributed by atoms with van der Waals surface area (Å²) < 4.78 is 0. The summed E-state index contributed by atoms with van der Waals surface area (Å²) in [6.45, 7) is 11.8. The van der Waals surface area contributed by atoms with Crippen LogP contribution in [0.4, 0.5) is 4.79 Å². The largest absolute Gasteiger partial charge is 0.341 e. The van der Waals surface area contributed by atoms with Gasteiger partial charge in [-0.25, -0.2) is 4.79 Å². The van der Waals surface area contributed by atoms with Crippen molar-refractivity contribution in [3.63, 3.8) is 0 Å². The second-order valence-electron chi connectivity index (χ2n) is 6.40. The average Bonchev–Trinajstić information content (AvgIpc) is 2.60. The maximum atomic E-state index is 12.1. The number of nitrogens with one attached hydrogen (secondary N) is 1. The van der Waals surface area contributed by atoms with Crippen LogP contribution in [-0.4, -0.2) is 54.5 Å². The van der Waals surface area contributed by atoms with E-state index in [0.717, 1.165) is 19.5 Å². The lowest BCUT2D eigenvalue weighted by Crippen LogP contribution is -2.43. The molecule has 1 heterocycles. The molecule has 1 fully saturated rings. The molecular weight excluding hydrogens is 254 g/mol. The molecular formula is C15H29N3O2. The summed E-state index contributed by atoms with van der Waals surface area (Å²) in [5, 5.41) is 2.94. The lowest BCUT2D eigenvalue weighted by atomic mass is 10.1. The van der Waals surface area contributed by atoms with Gasteiger partial charge in [0.1, 0.15) is 0 Å². The van der Waals surface area contributed by atoms with Gasteiger partial charge >= 0.3 is 6.03 Å². The molecule has 1 N–H and O–H groups in total. The fraction of sp³-hybridized carbons (Fsp3) is 0.867. The highest BCUT2D eigenvalue weighted by Gasteiger charge is 2.22. The summed E-state index contributed by atoms with van der Waals surface area (Å²) in [4.78, 5) is 27.8. The van der Waals surface area contributed by atoms with E-state index in [1.807, 2.05) is 9.80 Å². The lowest BCUT2D eigenvalue weighted by Gasteiger charge is -2.23. The number of amides is 3. The standard InChI is InChI=1S/C15H29N3O2/c1-12(2)10-14(19)17-6-5-7-18(9-8-17)15(20)16-11-13(3)4/h12-13H,5-11H2,1-4H3,(H,16,20). The zero-order valence-corrected chi connectivity index (χ0v) is 13.3. The SMILES string of the molecule is CC(C)CNC(=O)N1CCCN(C(=O)CC(C)C)CC1. The first kappa shape index (κ1) is 16.8. The van der Waals surface area contributed by atoms with Crippen LogP contribution in [0.3, 0.4) is 0 Å². The van der Waals surface area contributed by atoms with Gasteiger partial charge in [-0.15, -0.1) is 0 Å². The number of carbonyl (C=O) groups excluding carboxylic acids is 2. The van der Waals surface area contributed by atoms with Crippen molar-refractivity contribution in [1.29, 1.82) is 0 Å². The molecule has 1 aliphatic heterocycles. The van der Waals surface area contributed by atoms with E-state index in [-0.39, 0.29) is 11.9 Å². The van der Waals surface area contributed by atoms with Crippen LogP contribution in [-0.2, 0) is 4.79 Å². The Kier molecular flexibility index (Phi) is 6.82. The second-order valence-corrected chi connectivity index (χ2v) is 6.40. The van der Waals surface area contributed by atoms with Gasteiger partial charge in [-0.1, -0.05) is 27.7 Å². The lowest BCUT2D eigenvalue weighted by molar-refractivity contribution is -0.131. The van der Waals surface area contributed by atoms with Crippen molar-refractivity contribution in [2.45, 2.75) is 40.5 Å². The summed E-state index contributed by atoms with van der Waals surface area (Å²) in [7, 11) is 0. The Morgan fingerprint density at radius 2 is 1.55 bits per heavy atom. The van der Waals surface area contributed by atoms with Gasteiger partial charge in [0.05, 0.1) is 0 Å². The molecule has 0 unspecified atom stereocenters. The first-order valence-electron chi connectivity index (χ1n) is 7.70. The van der Waals surface area contributed by atoms with Gasteiger partial charge in [-0.05, 0) is 18.3 Å². The van der Waals surface area contributed by atoms with Gasteiger partial charge in [-0.3, -0.25) is 4.79 Å². The van der Waals surface area contributed by atoms with E-state index in [4.69, 9.17) is 0 Å². The van der Waals surface area contributed by atoms with Crippen LogP contribution in [0.1, 0.15) is 40.5 Å². The summed E-state index contributed by atoms with van der Waals surface area (Å²) in [5.41, 5.74) is 0. The van der Waals surface area contributed by atoms with Crippen LogP contribution in [0.2, 0.25) is 0 Å². The number of urea groups is 1. The highest BCUT2D eigenvalue weighted by Crippen LogP contribution is 2.09. The van der Waals surface area contributed by atoms with E-state index in [9.17, 15) is 9.59 Å². The fourth-order valence-corrected chi connectivity index (χ4v) is 2.25. The smallest absolute Gasteiger partial charge is 0.317 e. The van der Waals surface area contributed by atoms with Crippen LogP contribution in [0, 0.1) is 11.8 Å². The Bertz CT molecular complexity index is 329. The molecule has 0 aromatic rings. The minimum absolute atomic E-state index is 0.00291. The van der Waals surface area contributed by atoms with E-state index < -0.39 is 0 Å². The Labute approximate surface area is 122 Å². The molecule has 3 amide bonds. The van der Waals surface area contributed by atoms with Crippen molar-refractivity contribution in [2.75, 3.05) is 32.7 Å². The number of rotatable bonds is 4. The van der Waals surface area contributed by atoms with Crippen LogP contribution >= 0.6 is 0 Å². The van der Waals surface area contributed by atoms with Crippen molar-refractivity contribution in [3.05, 3.63) is 0 Å². The van der Waals surface area contributed by atoms with Crippen molar-refractivity contribution in [1.82, 2.24) is 15.1 Å². The van der Waals surface area contributed by atoms with Crippen molar-refractivity contribution < 1.29 is 9.59 Å². The summed E-state index contributed by atoms with van der Waals surface area (Å²) in [6, 6.07) is -0.00291. The Morgan fingerprint density at radius 3 is 2.15 bits per heavy atom. The zero-order chi connectivity index (χ0) is 15.1. The van der Waals surface area contributed by atoms with Crippen LogP contribution in [0.5, 0.6) is 0 Å². The van der Waals surface area contributed by atoms with Crippen molar-refractivity contribution >= 4 is 11.9 Å². The molecule has 0 aromatic carbocycles. The molecule has 0 bridgehead atoms. The number of carbonyl (C=O) groups is 2. The third-order valence-corrected chi connectivity index (χ3v) is 3.38. The minimum Gasteiger partial charge on any atom is -0.341 e. The normalized spacial score (nSPS) is 16.5. The maximum Gasteiger partial charge on any atom is 0.317 e. The number of hydrogen-bond acceptors (Lipinski definition) is 2. The van der Waals surface area contributed by atoms with Crippen LogP contribution in [0.15, 0.2) is 0 Å². The molecule has 0 atom stereocenters. The second kappa shape index (κ2) is 8.12. The molecule has 1 rings (SSSR count). The molecule has 0 radical (unpaired) electrons. The molecule has 0 aliphatic carbocycles. The van der Waals surface area contributed by atoms with E-state index in [2.05, 4.69) is 33.0 Å². The molecule has 116 valence electrons. The highest BCUT2D eigenvalue weighted by molar-refractivity contribution is 5.77. The predicted octanol–water partition coefficient (Wildman–Crippen LogP) is 1.93. The van der Waals surface area contributed by atoms with Gasteiger partial charge in [0, 0.05) is 39.1 Å². The van der Waals surface area contributed by atoms with Gasteiger partial charge in [-0.2, -0.15) is 0 Å². The summed E-state index contributed by atoms with van der Waals surface area (Å²) >= 11 is 0. The summed E-state index contributed by atoms with van der Waals surface area (Å²) in [6.07, 6.45) is 1.46. The van der Waals surface area contributed by atoms with Gasteiger partial charge in [0.25, 0.3) is 0 Å². The van der Waals surface area contributed by atoms with Gasteiger partial charge < -0.3 is 15.1 Å². The average molecular weight is 283 g/mol. The van der Waals surface area contributed by atoms with Crippen LogP contribution in [0.25, 0.3) is 0 Å². The number of hydrogen-bond donors (Lipinski definition) is 1. The molecule has 0 aromatic heterocycles. The van der Waals surface area contributed by atoms with Gasteiger partial charge in [0.15, 0.2) is 0 Å².